The first-order valence-corrected chi connectivity index (χ1v) is 10.5. The van der Waals surface area contributed by atoms with Crippen molar-refractivity contribution in [3.05, 3.63) is 71.0 Å². The Bertz CT molecular complexity index is 1020. The Morgan fingerprint density at radius 3 is 2.45 bits per heavy atom. The lowest BCUT2D eigenvalue weighted by Crippen LogP contribution is -2.37. The van der Waals surface area contributed by atoms with Crippen molar-refractivity contribution in [1.29, 1.82) is 0 Å². The van der Waals surface area contributed by atoms with Gasteiger partial charge in [-0.15, -0.1) is 0 Å². The number of halogens is 1. The average Bonchev–Trinajstić information content (AvgIpc) is 3.35. The van der Waals surface area contributed by atoms with E-state index in [1.807, 2.05) is 17.9 Å². The van der Waals surface area contributed by atoms with Gasteiger partial charge in [0.25, 0.3) is 5.91 Å². The topological polar surface area (TPSA) is 66.9 Å². The maximum atomic E-state index is 13.9. The SMILES string of the molecule is CCC(=O)N1C[C@@H]2CN(C(=O)c3ccccc3C(=O)OC)C[C@@H]2[C@H]1c1cccc(F)c1. The van der Waals surface area contributed by atoms with Gasteiger partial charge >= 0.3 is 5.97 Å². The van der Waals surface area contributed by atoms with Gasteiger partial charge in [0.15, 0.2) is 0 Å². The van der Waals surface area contributed by atoms with E-state index in [2.05, 4.69) is 0 Å². The second-order valence-electron chi connectivity index (χ2n) is 8.07. The second kappa shape index (κ2) is 8.49. The molecule has 6 nitrogen and oxygen atoms in total. The Labute approximate surface area is 180 Å². The Morgan fingerprint density at radius 2 is 1.77 bits per heavy atom. The molecule has 0 radical (unpaired) electrons. The Balaban J connectivity index is 1.62. The smallest absolute Gasteiger partial charge is 0.338 e. The zero-order valence-corrected chi connectivity index (χ0v) is 17.6. The third-order valence-electron chi connectivity index (χ3n) is 6.33. The van der Waals surface area contributed by atoms with Crippen molar-refractivity contribution in [2.24, 2.45) is 11.8 Å². The van der Waals surface area contributed by atoms with Crippen molar-refractivity contribution < 1.29 is 23.5 Å². The maximum absolute atomic E-state index is 13.9. The van der Waals surface area contributed by atoms with Gasteiger partial charge in [0.1, 0.15) is 5.82 Å². The van der Waals surface area contributed by atoms with E-state index in [9.17, 15) is 18.8 Å². The minimum absolute atomic E-state index is 0.00605. The molecule has 7 heteroatoms. The zero-order valence-electron chi connectivity index (χ0n) is 17.6. The summed E-state index contributed by atoms with van der Waals surface area (Å²) in [7, 11) is 1.28. The van der Waals surface area contributed by atoms with Gasteiger partial charge < -0.3 is 14.5 Å². The van der Waals surface area contributed by atoms with Gasteiger partial charge in [0, 0.05) is 37.9 Å². The zero-order chi connectivity index (χ0) is 22.1. The number of carbonyl (C=O) groups excluding carboxylic acids is 3. The number of benzene rings is 2. The van der Waals surface area contributed by atoms with Crippen molar-refractivity contribution in [3.63, 3.8) is 0 Å². The van der Waals surface area contributed by atoms with Crippen molar-refractivity contribution >= 4 is 17.8 Å². The predicted octanol–water partition coefficient (Wildman–Crippen LogP) is 3.29. The van der Waals surface area contributed by atoms with Crippen molar-refractivity contribution in [3.8, 4) is 0 Å². The van der Waals surface area contributed by atoms with Crippen LogP contribution in [0.2, 0.25) is 0 Å². The third kappa shape index (κ3) is 3.80. The number of methoxy groups -OCH3 is 1. The lowest BCUT2D eigenvalue weighted by atomic mass is 9.89. The molecule has 2 amide bonds. The maximum Gasteiger partial charge on any atom is 0.338 e. The van der Waals surface area contributed by atoms with E-state index in [4.69, 9.17) is 4.74 Å². The first-order chi connectivity index (χ1) is 14.9. The molecule has 0 spiro atoms. The number of esters is 1. The Morgan fingerprint density at radius 1 is 1.03 bits per heavy atom. The van der Waals surface area contributed by atoms with Gasteiger partial charge in [-0.25, -0.2) is 9.18 Å². The normalized spacial score (nSPS) is 22.4. The molecule has 2 fully saturated rings. The van der Waals surface area contributed by atoms with Crippen LogP contribution in [0.5, 0.6) is 0 Å². The van der Waals surface area contributed by atoms with Gasteiger partial charge in [-0.05, 0) is 29.8 Å². The van der Waals surface area contributed by atoms with E-state index in [0.29, 0.717) is 31.6 Å². The van der Waals surface area contributed by atoms with Gasteiger partial charge in [0.2, 0.25) is 5.91 Å². The fourth-order valence-electron chi connectivity index (χ4n) is 4.92. The van der Waals surface area contributed by atoms with Crippen LogP contribution in [0.15, 0.2) is 48.5 Å². The molecular formula is C24H25FN2O4. The van der Waals surface area contributed by atoms with Crippen LogP contribution < -0.4 is 0 Å². The van der Waals surface area contributed by atoms with Crippen LogP contribution >= 0.6 is 0 Å². The van der Waals surface area contributed by atoms with Crippen molar-refractivity contribution in [2.75, 3.05) is 26.7 Å². The van der Waals surface area contributed by atoms with Crippen LogP contribution in [0.4, 0.5) is 4.39 Å². The van der Waals surface area contributed by atoms with Crippen LogP contribution in [-0.2, 0) is 9.53 Å². The number of hydrogen-bond acceptors (Lipinski definition) is 4. The molecule has 2 saturated heterocycles. The van der Waals surface area contributed by atoms with E-state index in [1.165, 1.54) is 19.2 Å². The molecule has 2 aromatic rings. The van der Waals surface area contributed by atoms with E-state index in [0.717, 1.165) is 5.56 Å². The summed E-state index contributed by atoms with van der Waals surface area (Å²) in [5, 5.41) is 0. The highest BCUT2D eigenvalue weighted by Gasteiger charge is 2.50. The first kappa shape index (κ1) is 21.0. The van der Waals surface area contributed by atoms with Gasteiger partial charge in [-0.1, -0.05) is 31.2 Å². The van der Waals surface area contributed by atoms with Crippen LogP contribution in [0, 0.1) is 17.7 Å². The highest BCUT2D eigenvalue weighted by Crippen LogP contribution is 2.45. The van der Waals surface area contributed by atoms with Crippen molar-refractivity contribution in [2.45, 2.75) is 19.4 Å². The number of hydrogen-bond donors (Lipinski definition) is 0. The summed E-state index contributed by atoms with van der Waals surface area (Å²) in [5.41, 5.74) is 1.29. The van der Waals surface area contributed by atoms with Gasteiger partial charge in [0.05, 0.1) is 24.3 Å². The summed E-state index contributed by atoms with van der Waals surface area (Å²) >= 11 is 0. The second-order valence-corrected chi connectivity index (χ2v) is 8.07. The summed E-state index contributed by atoms with van der Waals surface area (Å²) in [6.45, 7) is 3.27. The molecule has 162 valence electrons. The number of rotatable bonds is 4. The highest BCUT2D eigenvalue weighted by molar-refractivity contribution is 6.05. The predicted molar refractivity (Wildman–Crippen MR) is 112 cm³/mol. The number of fused-ring (bicyclic) bond motifs is 1. The van der Waals surface area contributed by atoms with E-state index in [-0.39, 0.29) is 41.1 Å². The molecule has 0 unspecified atom stereocenters. The van der Waals surface area contributed by atoms with E-state index >= 15 is 0 Å². The quantitative estimate of drug-likeness (QED) is 0.707. The lowest BCUT2D eigenvalue weighted by molar-refractivity contribution is -0.132. The summed E-state index contributed by atoms with van der Waals surface area (Å²) in [5.74, 6) is -1.01. The monoisotopic (exact) mass is 424 g/mol. The van der Waals surface area contributed by atoms with E-state index < -0.39 is 5.97 Å². The largest absolute Gasteiger partial charge is 0.465 e. The van der Waals surface area contributed by atoms with Crippen LogP contribution in [0.1, 0.15) is 45.7 Å². The minimum atomic E-state index is -0.555. The molecule has 2 aromatic carbocycles. The summed E-state index contributed by atoms with van der Waals surface area (Å²) in [4.78, 5) is 41.5. The molecule has 4 rings (SSSR count). The molecule has 0 bridgehead atoms. The molecule has 0 N–H and O–H groups in total. The molecule has 0 aromatic heterocycles. The molecule has 2 aliphatic heterocycles. The molecular weight excluding hydrogens is 399 g/mol. The van der Waals surface area contributed by atoms with Crippen molar-refractivity contribution in [1.82, 2.24) is 9.80 Å². The van der Waals surface area contributed by atoms with E-state index in [1.54, 1.807) is 35.2 Å². The third-order valence-corrected chi connectivity index (χ3v) is 6.33. The first-order valence-electron chi connectivity index (χ1n) is 10.5. The fourth-order valence-corrected chi connectivity index (χ4v) is 4.92. The van der Waals surface area contributed by atoms with Gasteiger partial charge in [-0.2, -0.15) is 0 Å². The standard InChI is InChI=1S/C24H25FN2O4/c1-3-21(28)27-13-16-12-26(14-20(16)22(27)15-7-6-8-17(25)11-15)23(29)18-9-4-5-10-19(18)24(30)31-2/h4-11,16,20,22H,3,12-14H2,1-2H3/t16-,20-,22+/m0/s1. The average molecular weight is 424 g/mol. The van der Waals surface area contributed by atoms with Gasteiger partial charge in [-0.3, -0.25) is 9.59 Å². The Hall–Kier alpha value is -3.22. The summed E-state index contributed by atoms with van der Waals surface area (Å²) in [6.07, 6.45) is 0.375. The van der Waals surface area contributed by atoms with Crippen LogP contribution in [0.3, 0.4) is 0 Å². The minimum Gasteiger partial charge on any atom is -0.465 e. The molecule has 2 heterocycles. The fraction of sp³-hybridized carbons (Fsp3) is 0.375. The molecule has 2 aliphatic rings. The molecule has 31 heavy (non-hydrogen) atoms. The molecule has 0 aliphatic carbocycles. The number of nitrogens with zero attached hydrogens (tertiary/aromatic N) is 2. The number of carbonyl (C=O) groups is 3. The highest BCUT2D eigenvalue weighted by atomic mass is 19.1. The summed E-state index contributed by atoms with van der Waals surface area (Å²) < 4.78 is 18.8. The van der Waals surface area contributed by atoms with Crippen LogP contribution in [0.25, 0.3) is 0 Å². The number of amides is 2. The van der Waals surface area contributed by atoms with Crippen LogP contribution in [-0.4, -0.2) is 54.3 Å². The molecule has 0 saturated carbocycles. The number of likely N-dealkylation sites (tertiary alicyclic amines) is 2. The lowest BCUT2D eigenvalue weighted by Gasteiger charge is -2.30. The summed E-state index contributed by atoms with van der Waals surface area (Å²) in [6, 6.07) is 12.7. The Kier molecular flexibility index (Phi) is 5.76. The number of ether oxygens (including phenoxy) is 1. The molecule has 3 atom stereocenters.